The number of hydrogen-bond acceptors (Lipinski definition) is 2. The molecular weight excluding hydrogens is 255 g/mol. The Morgan fingerprint density at radius 2 is 1.89 bits per heavy atom. The van der Waals surface area contributed by atoms with E-state index >= 15 is 0 Å². The van der Waals surface area contributed by atoms with Crippen molar-refractivity contribution >= 4 is 11.6 Å². The number of ether oxygens (including phenoxy) is 1. The van der Waals surface area contributed by atoms with Crippen molar-refractivity contribution in [3.8, 4) is 5.75 Å². The van der Waals surface area contributed by atoms with Gasteiger partial charge in [-0.15, -0.1) is 0 Å². The molecule has 0 heterocycles. The number of rotatable bonds is 4. The van der Waals surface area contributed by atoms with Crippen molar-refractivity contribution in [3.05, 3.63) is 64.9 Å². The zero-order valence-electron chi connectivity index (χ0n) is 9.51. The lowest BCUT2D eigenvalue weighted by Gasteiger charge is -2.12. The van der Waals surface area contributed by atoms with Gasteiger partial charge in [-0.25, -0.2) is 4.39 Å². The molecule has 4 heteroatoms. The Morgan fingerprint density at radius 3 is 2.56 bits per heavy atom. The van der Waals surface area contributed by atoms with Crippen LogP contribution in [0.15, 0.2) is 48.5 Å². The van der Waals surface area contributed by atoms with Gasteiger partial charge in [0.2, 0.25) is 0 Å². The standard InChI is InChI=1S/C14H12ClFO2/c15-12-8-11(6-7-13(12)16)18-9-14(17)10-4-2-1-3-5-10/h1-8,14,17H,9H2. The summed E-state index contributed by atoms with van der Waals surface area (Å²) in [4.78, 5) is 0. The maximum atomic E-state index is 12.9. The van der Waals surface area contributed by atoms with Crippen LogP contribution in [0.2, 0.25) is 5.02 Å². The Labute approximate surface area is 110 Å². The van der Waals surface area contributed by atoms with E-state index in [0.29, 0.717) is 5.75 Å². The first kappa shape index (κ1) is 12.9. The average molecular weight is 267 g/mol. The molecule has 0 saturated heterocycles. The fourth-order valence-corrected chi connectivity index (χ4v) is 1.68. The van der Waals surface area contributed by atoms with Crippen molar-refractivity contribution in [2.75, 3.05) is 6.61 Å². The van der Waals surface area contributed by atoms with Gasteiger partial charge < -0.3 is 9.84 Å². The van der Waals surface area contributed by atoms with Gasteiger partial charge in [-0.3, -0.25) is 0 Å². The molecule has 2 rings (SSSR count). The molecule has 1 atom stereocenters. The second kappa shape index (κ2) is 5.85. The van der Waals surface area contributed by atoms with Crippen LogP contribution >= 0.6 is 11.6 Å². The molecular formula is C14H12ClFO2. The van der Waals surface area contributed by atoms with Crippen LogP contribution in [0.4, 0.5) is 4.39 Å². The highest BCUT2D eigenvalue weighted by Gasteiger charge is 2.08. The van der Waals surface area contributed by atoms with Gasteiger partial charge in [0.25, 0.3) is 0 Å². The number of aliphatic hydroxyl groups is 1. The predicted molar refractivity (Wildman–Crippen MR) is 68.3 cm³/mol. The second-order valence-electron chi connectivity index (χ2n) is 3.81. The molecule has 0 spiro atoms. The molecule has 2 aromatic carbocycles. The monoisotopic (exact) mass is 266 g/mol. The number of hydrogen-bond donors (Lipinski definition) is 1. The van der Waals surface area contributed by atoms with E-state index in [1.165, 1.54) is 18.2 Å². The van der Waals surface area contributed by atoms with Gasteiger partial charge in [0.15, 0.2) is 0 Å². The zero-order valence-corrected chi connectivity index (χ0v) is 10.3. The molecule has 0 saturated carbocycles. The maximum Gasteiger partial charge on any atom is 0.142 e. The van der Waals surface area contributed by atoms with Gasteiger partial charge in [-0.2, -0.15) is 0 Å². The largest absolute Gasteiger partial charge is 0.490 e. The van der Waals surface area contributed by atoms with E-state index in [0.717, 1.165) is 5.56 Å². The summed E-state index contributed by atoms with van der Waals surface area (Å²) in [7, 11) is 0. The lowest BCUT2D eigenvalue weighted by molar-refractivity contribution is 0.108. The molecule has 94 valence electrons. The Morgan fingerprint density at radius 1 is 1.17 bits per heavy atom. The molecule has 2 aromatic rings. The molecule has 0 radical (unpaired) electrons. The summed E-state index contributed by atoms with van der Waals surface area (Å²) in [5, 5.41) is 9.88. The molecule has 0 bridgehead atoms. The molecule has 0 fully saturated rings. The third-order valence-corrected chi connectivity index (χ3v) is 2.77. The normalized spacial score (nSPS) is 12.2. The van der Waals surface area contributed by atoms with E-state index in [1.807, 2.05) is 30.3 Å². The third-order valence-electron chi connectivity index (χ3n) is 2.48. The number of aliphatic hydroxyl groups excluding tert-OH is 1. The fraction of sp³-hybridized carbons (Fsp3) is 0.143. The third kappa shape index (κ3) is 3.22. The van der Waals surface area contributed by atoms with Crippen LogP contribution in [0.1, 0.15) is 11.7 Å². The van der Waals surface area contributed by atoms with Crippen LogP contribution in [0.5, 0.6) is 5.75 Å². The van der Waals surface area contributed by atoms with Gasteiger partial charge in [-0.05, 0) is 17.7 Å². The van der Waals surface area contributed by atoms with E-state index < -0.39 is 11.9 Å². The number of halogens is 2. The van der Waals surface area contributed by atoms with Gasteiger partial charge in [0.1, 0.15) is 24.3 Å². The first-order chi connectivity index (χ1) is 8.66. The van der Waals surface area contributed by atoms with Crippen molar-refractivity contribution in [3.63, 3.8) is 0 Å². The minimum absolute atomic E-state index is 0.00157. The molecule has 0 aromatic heterocycles. The fourth-order valence-electron chi connectivity index (χ4n) is 1.51. The van der Waals surface area contributed by atoms with Crippen LogP contribution < -0.4 is 4.74 Å². The molecule has 0 aliphatic heterocycles. The van der Waals surface area contributed by atoms with Crippen molar-refractivity contribution in [2.24, 2.45) is 0 Å². The second-order valence-corrected chi connectivity index (χ2v) is 4.22. The summed E-state index contributed by atoms with van der Waals surface area (Å²) in [6.07, 6.45) is -0.727. The van der Waals surface area contributed by atoms with Crippen LogP contribution in [0.3, 0.4) is 0 Å². The Hall–Kier alpha value is -1.58. The van der Waals surface area contributed by atoms with Crippen LogP contribution in [0.25, 0.3) is 0 Å². The van der Waals surface area contributed by atoms with Gasteiger partial charge in [-0.1, -0.05) is 41.9 Å². The van der Waals surface area contributed by atoms with Gasteiger partial charge in [0.05, 0.1) is 5.02 Å². The summed E-state index contributed by atoms with van der Waals surface area (Å²) >= 11 is 5.63. The minimum Gasteiger partial charge on any atom is -0.490 e. The molecule has 1 unspecified atom stereocenters. The van der Waals surface area contributed by atoms with E-state index in [1.54, 1.807) is 0 Å². The predicted octanol–water partition coefficient (Wildman–Crippen LogP) is 3.59. The smallest absolute Gasteiger partial charge is 0.142 e. The summed E-state index contributed by atoms with van der Waals surface area (Å²) < 4.78 is 18.3. The van der Waals surface area contributed by atoms with Crippen molar-refractivity contribution < 1.29 is 14.2 Å². The van der Waals surface area contributed by atoms with Crippen LogP contribution in [-0.2, 0) is 0 Å². The van der Waals surface area contributed by atoms with E-state index in [2.05, 4.69) is 0 Å². The van der Waals surface area contributed by atoms with Crippen LogP contribution in [0, 0.1) is 5.82 Å². The summed E-state index contributed by atoms with van der Waals surface area (Å²) in [6.45, 7) is 0.0893. The van der Waals surface area contributed by atoms with E-state index in [-0.39, 0.29) is 11.6 Å². The number of benzene rings is 2. The lowest BCUT2D eigenvalue weighted by Crippen LogP contribution is -2.09. The summed E-state index contributed by atoms with van der Waals surface area (Å²) in [5.74, 6) is -0.0657. The van der Waals surface area contributed by atoms with E-state index in [9.17, 15) is 9.50 Å². The Kier molecular flexibility index (Phi) is 4.18. The zero-order chi connectivity index (χ0) is 13.0. The van der Waals surface area contributed by atoms with Gasteiger partial charge >= 0.3 is 0 Å². The SMILES string of the molecule is OC(COc1ccc(F)c(Cl)c1)c1ccccc1. The van der Waals surface area contributed by atoms with E-state index in [4.69, 9.17) is 16.3 Å². The molecule has 0 amide bonds. The molecule has 0 aliphatic carbocycles. The Balaban J connectivity index is 1.97. The summed E-state index contributed by atoms with van der Waals surface area (Å²) in [6, 6.07) is 13.3. The van der Waals surface area contributed by atoms with Crippen molar-refractivity contribution in [2.45, 2.75) is 6.10 Å². The average Bonchev–Trinajstić information content (AvgIpc) is 2.41. The van der Waals surface area contributed by atoms with Crippen molar-refractivity contribution in [1.29, 1.82) is 0 Å². The topological polar surface area (TPSA) is 29.5 Å². The quantitative estimate of drug-likeness (QED) is 0.916. The maximum absolute atomic E-state index is 12.9. The van der Waals surface area contributed by atoms with Crippen LogP contribution in [-0.4, -0.2) is 11.7 Å². The molecule has 0 aliphatic rings. The highest BCUT2D eigenvalue weighted by Crippen LogP contribution is 2.22. The summed E-state index contributed by atoms with van der Waals surface area (Å²) in [5.41, 5.74) is 0.769. The minimum atomic E-state index is -0.727. The highest BCUT2D eigenvalue weighted by molar-refractivity contribution is 6.30. The molecule has 18 heavy (non-hydrogen) atoms. The lowest BCUT2D eigenvalue weighted by atomic mass is 10.1. The molecule has 2 nitrogen and oxygen atoms in total. The first-order valence-corrected chi connectivity index (χ1v) is 5.85. The van der Waals surface area contributed by atoms with Crippen molar-refractivity contribution in [1.82, 2.24) is 0 Å². The first-order valence-electron chi connectivity index (χ1n) is 5.47. The van der Waals surface area contributed by atoms with Gasteiger partial charge in [0, 0.05) is 6.07 Å². The molecule has 1 N–H and O–H groups in total. The highest BCUT2D eigenvalue weighted by atomic mass is 35.5. The Bertz CT molecular complexity index is 516.